The quantitative estimate of drug-likeness (QED) is 0.454. The average Bonchev–Trinajstić information content (AvgIpc) is 2.99. The van der Waals surface area contributed by atoms with Gasteiger partial charge in [0.05, 0.1) is 22.9 Å². The molecule has 0 N–H and O–H groups in total. The lowest BCUT2D eigenvalue weighted by Gasteiger charge is -2.01. The fraction of sp³-hybridized carbons (Fsp3) is 0. The second kappa shape index (κ2) is 4.61. The molecule has 4 heteroatoms. The van der Waals surface area contributed by atoms with Crippen LogP contribution in [0.4, 0.5) is 0 Å². The Morgan fingerprint density at radius 2 is 1.48 bits per heavy atom. The molecule has 0 spiro atoms. The fourth-order valence-corrected chi connectivity index (χ4v) is 2.84. The van der Waals surface area contributed by atoms with Crippen LogP contribution in [0.1, 0.15) is 0 Å². The van der Waals surface area contributed by atoms with Crippen molar-refractivity contribution in [3.8, 4) is 11.4 Å². The van der Waals surface area contributed by atoms with E-state index in [1.54, 1.807) is 6.20 Å². The zero-order valence-electron chi connectivity index (χ0n) is 12.1. The molecule has 2 aromatic carbocycles. The Bertz CT molecular complexity index is 1180. The summed E-state index contributed by atoms with van der Waals surface area (Å²) in [6.07, 6.45) is 3.59. The molecule has 0 fully saturated rings. The van der Waals surface area contributed by atoms with Crippen LogP contribution < -0.4 is 0 Å². The van der Waals surface area contributed by atoms with Crippen molar-refractivity contribution in [2.24, 2.45) is 0 Å². The number of nitrogens with zero attached hydrogens (tertiary/aromatic N) is 3. The monoisotopic (exact) mass is 297 g/mol. The summed E-state index contributed by atoms with van der Waals surface area (Å²) in [5.41, 5.74) is 4.91. The lowest BCUT2D eigenvalue weighted by atomic mass is 10.2. The van der Waals surface area contributed by atoms with Gasteiger partial charge in [-0.25, -0.2) is 4.98 Å². The number of fused-ring (bicyclic) bond motifs is 4. The Hall–Kier alpha value is -3.27. The molecular weight excluding hydrogens is 286 g/mol. The van der Waals surface area contributed by atoms with Gasteiger partial charge >= 0.3 is 0 Å². The zero-order valence-corrected chi connectivity index (χ0v) is 12.1. The van der Waals surface area contributed by atoms with Crippen molar-refractivity contribution in [1.29, 1.82) is 0 Å². The highest BCUT2D eigenvalue weighted by atomic mass is 16.3. The molecule has 0 radical (unpaired) electrons. The largest absolute Gasteiger partial charge is 0.456 e. The van der Waals surface area contributed by atoms with Crippen molar-refractivity contribution < 1.29 is 4.42 Å². The van der Waals surface area contributed by atoms with Crippen molar-refractivity contribution in [2.45, 2.75) is 0 Å². The van der Waals surface area contributed by atoms with Crippen molar-refractivity contribution in [3.05, 3.63) is 67.0 Å². The maximum Gasteiger partial charge on any atom is 0.139 e. The molecule has 0 aliphatic heterocycles. The van der Waals surface area contributed by atoms with Gasteiger partial charge in [0.25, 0.3) is 0 Å². The van der Waals surface area contributed by atoms with E-state index < -0.39 is 0 Å². The number of hydrogen-bond acceptors (Lipinski definition) is 4. The molecule has 108 valence electrons. The van der Waals surface area contributed by atoms with E-state index in [4.69, 9.17) is 4.42 Å². The van der Waals surface area contributed by atoms with Crippen molar-refractivity contribution in [1.82, 2.24) is 15.0 Å². The lowest BCUT2D eigenvalue weighted by Crippen LogP contribution is -1.90. The minimum Gasteiger partial charge on any atom is -0.456 e. The maximum atomic E-state index is 5.91. The van der Waals surface area contributed by atoms with Crippen LogP contribution in [0.15, 0.2) is 71.4 Å². The predicted octanol–water partition coefficient (Wildman–Crippen LogP) is 4.59. The molecule has 0 amide bonds. The Morgan fingerprint density at radius 3 is 2.43 bits per heavy atom. The first-order valence-corrected chi connectivity index (χ1v) is 7.38. The number of aromatic nitrogens is 3. The molecule has 0 atom stereocenters. The summed E-state index contributed by atoms with van der Waals surface area (Å²) in [5, 5.41) is 2.09. The van der Waals surface area contributed by atoms with Gasteiger partial charge in [-0.2, -0.15) is 0 Å². The topological polar surface area (TPSA) is 51.8 Å². The third-order valence-corrected chi connectivity index (χ3v) is 3.97. The first-order valence-electron chi connectivity index (χ1n) is 7.38. The molecule has 0 saturated carbocycles. The molecule has 3 aromatic heterocycles. The normalized spacial score (nSPS) is 11.5. The van der Waals surface area contributed by atoms with Crippen LogP contribution in [0, 0.1) is 0 Å². The minimum absolute atomic E-state index is 0.742. The summed E-state index contributed by atoms with van der Waals surface area (Å²) >= 11 is 0. The molecule has 5 rings (SSSR count). The third-order valence-electron chi connectivity index (χ3n) is 3.97. The molecule has 5 aromatic rings. The highest BCUT2D eigenvalue weighted by molar-refractivity contribution is 6.05. The Labute approximate surface area is 131 Å². The number of para-hydroxylation sites is 3. The smallest absolute Gasteiger partial charge is 0.139 e. The molecule has 0 aliphatic carbocycles. The summed E-state index contributed by atoms with van der Waals surface area (Å²) in [6, 6.07) is 17.7. The Morgan fingerprint density at radius 1 is 0.652 bits per heavy atom. The summed E-state index contributed by atoms with van der Waals surface area (Å²) in [4.78, 5) is 13.6. The number of pyridine rings is 1. The standard InChI is InChI=1S/C19H11N3O/c1-4-8-18-12(5-1)13-10-20-16(9-19(13)23-18)17-11-21-14-6-2-3-7-15(14)22-17/h1-11H. The maximum absolute atomic E-state index is 5.91. The van der Waals surface area contributed by atoms with Gasteiger partial charge in [-0.05, 0) is 18.2 Å². The highest BCUT2D eigenvalue weighted by Gasteiger charge is 2.10. The van der Waals surface area contributed by atoms with Crippen molar-refractivity contribution in [2.75, 3.05) is 0 Å². The molecule has 0 bridgehead atoms. The van der Waals surface area contributed by atoms with Gasteiger partial charge < -0.3 is 4.42 Å². The Balaban J connectivity index is 1.73. The molecule has 4 nitrogen and oxygen atoms in total. The van der Waals surface area contributed by atoms with Gasteiger partial charge in [-0.3, -0.25) is 9.97 Å². The number of rotatable bonds is 1. The molecule has 0 unspecified atom stereocenters. The first kappa shape index (κ1) is 12.3. The summed E-state index contributed by atoms with van der Waals surface area (Å²) in [6.45, 7) is 0. The highest BCUT2D eigenvalue weighted by Crippen LogP contribution is 2.30. The third kappa shape index (κ3) is 1.89. The van der Waals surface area contributed by atoms with E-state index in [1.807, 2.05) is 60.8 Å². The summed E-state index contributed by atoms with van der Waals surface area (Å²) in [7, 11) is 0. The molecule has 3 heterocycles. The van der Waals surface area contributed by atoms with E-state index in [0.717, 1.165) is 44.4 Å². The van der Waals surface area contributed by atoms with Crippen LogP contribution in [0.2, 0.25) is 0 Å². The van der Waals surface area contributed by atoms with E-state index in [1.165, 1.54) is 0 Å². The molecule has 0 saturated heterocycles. The summed E-state index contributed by atoms with van der Waals surface area (Å²) < 4.78 is 5.91. The number of furan rings is 1. The van der Waals surface area contributed by atoms with Gasteiger partial charge in [-0.15, -0.1) is 0 Å². The van der Waals surface area contributed by atoms with Crippen molar-refractivity contribution >= 4 is 33.0 Å². The van der Waals surface area contributed by atoms with Crippen LogP contribution in [-0.2, 0) is 0 Å². The SMILES string of the molecule is c1ccc2nc(-c3cc4oc5ccccc5c4cn3)cnc2c1. The Kier molecular flexibility index (Phi) is 2.46. The van der Waals surface area contributed by atoms with Crippen LogP contribution in [0.25, 0.3) is 44.4 Å². The molecule has 0 aliphatic rings. The van der Waals surface area contributed by atoms with E-state index in [-0.39, 0.29) is 0 Å². The summed E-state index contributed by atoms with van der Waals surface area (Å²) in [5.74, 6) is 0. The van der Waals surface area contributed by atoms with Gasteiger partial charge in [0.15, 0.2) is 0 Å². The van der Waals surface area contributed by atoms with E-state index >= 15 is 0 Å². The van der Waals surface area contributed by atoms with Crippen molar-refractivity contribution in [3.63, 3.8) is 0 Å². The van der Waals surface area contributed by atoms with E-state index in [0.29, 0.717) is 0 Å². The lowest BCUT2D eigenvalue weighted by molar-refractivity contribution is 0.668. The van der Waals surface area contributed by atoms with Crippen LogP contribution in [-0.4, -0.2) is 15.0 Å². The van der Waals surface area contributed by atoms with E-state index in [9.17, 15) is 0 Å². The van der Waals surface area contributed by atoms with Gasteiger partial charge in [-0.1, -0.05) is 30.3 Å². The van der Waals surface area contributed by atoms with Gasteiger partial charge in [0.1, 0.15) is 16.9 Å². The first-order chi connectivity index (χ1) is 11.4. The fourth-order valence-electron chi connectivity index (χ4n) is 2.84. The number of hydrogen-bond donors (Lipinski definition) is 0. The van der Waals surface area contributed by atoms with Crippen LogP contribution in [0.3, 0.4) is 0 Å². The molecular formula is C19H11N3O. The second-order valence-corrected chi connectivity index (χ2v) is 5.41. The average molecular weight is 297 g/mol. The van der Waals surface area contributed by atoms with Crippen LogP contribution >= 0.6 is 0 Å². The molecule has 23 heavy (non-hydrogen) atoms. The number of benzene rings is 2. The van der Waals surface area contributed by atoms with Gasteiger partial charge in [0.2, 0.25) is 0 Å². The van der Waals surface area contributed by atoms with Crippen LogP contribution in [0.5, 0.6) is 0 Å². The van der Waals surface area contributed by atoms with E-state index in [2.05, 4.69) is 15.0 Å². The minimum atomic E-state index is 0.742. The predicted molar refractivity (Wildman–Crippen MR) is 90.0 cm³/mol. The second-order valence-electron chi connectivity index (χ2n) is 5.41. The van der Waals surface area contributed by atoms with Gasteiger partial charge in [0, 0.05) is 23.0 Å². The zero-order chi connectivity index (χ0) is 15.2.